The molecule has 182 valence electrons. The molecular weight excluding hydrogens is 472 g/mol. The molecule has 1 heterocycles. The van der Waals surface area contributed by atoms with Crippen molar-refractivity contribution < 1.29 is 0 Å². The van der Waals surface area contributed by atoms with Gasteiger partial charge in [-0.2, -0.15) is 0 Å². The summed E-state index contributed by atoms with van der Waals surface area (Å²) >= 11 is 0. The zero-order chi connectivity index (χ0) is 25.8. The summed E-state index contributed by atoms with van der Waals surface area (Å²) in [5.74, 6) is 0.947. The van der Waals surface area contributed by atoms with Crippen LogP contribution in [0.1, 0.15) is 0 Å². The van der Waals surface area contributed by atoms with Crippen molar-refractivity contribution in [2.75, 3.05) is 0 Å². The zero-order valence-corrected chi connectivity index (χ0v) is 21.3. The first-order valence-electron chi connectivity index (χ1n) is 13.3. The van der Waals surface area contributed by atoms with Gasteiger partial charge in [-0.05, 0) is 79.8 Å². The molecule has 0 aliphatic rings. The molecule has 0 amide bonds. The Morgan fingerprint density at radius 3 is 1.97 bits per heavy atom. The lowest BCUT2D eigenvalue weighted by Crippen LogP contribution is -1.97. The van der Waals surface area contributed by atoms with Gasteiger partial charge in [0, 0.05) is 11.3 Å². The smallest absolute Gasteiger partial charge is 0.145 e. The third kappa shape index (κ3) is 3.53. The SMILES string of the molecule is c1ccc(-n2c(-c3cccc(-c4ccc5c(ccc6c7ccccc7ccc56)c4)c3)nc3ccccc32)cc1. The van der Waals surface area contributed by atoms with Crippen LogP contribution in [-0.2, 0) is 0 Å². The topological polar surface area (TPSA) is 17.8 Å². The fraction of sp³-hybridized carbons (Fsp3) is 0. The Labute approximate surface area is 226 Å². The van der Waals surface area contributed by atoms with E-state index in [1.807, 2.05) is 12.1 Å². The molecular formula is C37H24N2. The van der Waals surface area contributed by atoms with Gasteiger partial charge in [-0.1, -0.05) is 109 Å². The third-order valence-corrected chi connectivity index (χ3v) is 7.77. The average Bonchev–Trinajstić information content (AvgIpc) is 3.41. The molecule has 0 bridgehead atoms. The molecule has 0 saturated heterocycles. The molecule has 2 heteroatoms. The summed E-state index contributed by atoms with van der Waals surface area (Å²) in [7, 11) is 0. The molecule has 1 aromatic heterocycles. The van der Waals surface area contributed by atoms with Gasteiger partial charge in [-0.3, -0.25) is 4.57 Å². The second-order valence-electron chi connectivity index (χ2n) is 10.1. The molecule has 8 rings (SSSR count). The first-order chi connectivity index (χ1) is 19.3. The Bertz CT molecular complexity index is 2170. The van der Waals surface area contributed by atoms with Crippen LogP contribution in [0.2, 0.25) is 0 Å². The van der Waals surface area contributed by atoms with Gasteiger partial charge in [0.15, 0.2) is 0 Å². The molecule has 7 aromatic carbocycles. The predicted octanol–water partition coefficient (Wildman–Crippen LogP) is 9.82. The lowest BCUT2D eigenvalue weighted by Gasteiger charge is -2.12. The Kier molecular flexibility index (Phi) is 4.86. The highest BCUT2D eigenvalue weighted by molar-refractivity contribution is 6.17. The summed E-state index contributed by atoms with van der Waals surface area (Å²) in [6.07, 6.45) is 0. The lowest BCUT2D eigenvalue weighted by molar-refractivity contribution is 1.10. The number of imidazole rings is 1. The van der Waals surface area contributed by atoms with Crippen molar-refractivity contribution in [1.82, 2.24) is 9.55 Å². The van der Waals surface area contributed by atoms with Crippen molar-refractivity contribution in [3.05, 3.63) is 146 Å². The number of para-hydroxylation sites is 3. The maximum atomic E-state index is 5.07. The van der Waals surface area contributed by atoms with Crippen molar-refractivity contribution in [3.8, 4) is 28.2 Å². The molecule has 0 radical (unpaired) electrons. The second-order valence-corrected chi connectivity index (χ2v) is 10.1. The van der Waals surface area contributed by atoms with Crippen molar-refractivity contribution in [3.63, 3.8) is 0 Å². The Hall–Kier alpha value is -5.21. The van der Waals surface area contributed by atoms with Crippen molar-refractivity contribution in [1.29, 1.82) is 0 Å². The van der Waals surface area contributed by atoms with Crippen LogP contribution in [0.3, 0.4) is 0 Å². The minimum absolute atomic E-state index is 0.947. The van der Waals surface area contributed by atoms with Gasteiger partial charge in [-0.15, -0.1) is 0 Å². The van der Waals surface area contributed by atoms with E-state index >= 15 is 0 Å². The number of hydrogen-bond acceptors (Lipinski definition) is 1. The summed E-state index contributed by atoms with van der Waals surface area (Å²) in [4.78, 5) is 5.07. The molecule has 0 unspecified atom stereocenters. The van der Waals surface area contributed by atoms with Gasteiger partial charge in [0.1, 0.15) is 5.82 Å². The number of benzene rings is 7. The van der Waals surface area contributed by atoms with Gasteiger partial charge >= 0.3 is 0 Å². The third-order valence-electron chi connectivity index (χ3n) is 7.77. The maximum absolute atomic E-state index is 5.07. The fourth-order valence-corrected chi connectivity index (χ4v) is 5.90. The van der Waals surface area contributed by atoms with Crippen LogP contribution in [0.15, 0.2) is 146 Å². The van der Waals surface area contributed by atoms with E-state index < -0.39 is 0 Å². The minimum atomic E-state index is 0.947. The number of aromatic nitrogens is 2. The molecule has 2 nitrogen and oxygen atoms in total. The van der Waals surface area contributed by atoms with Gasteiger partial charge in [0.25, 0.3) is 0 Å². The molecule has 0 fully saturated rings. The van der Waals surface area contributed by atoms with Crippen LogP contribution in [0.4, 0.5) is 0 Å². The zero-order valence-electron chi connectivity index (χ0n) is 21.3. The number of rotatable bonds is 3. The monoisotopic (exact) mass is 496 g/mol. The van der Waals surface area contributed by atoms with Crippen molar-refractivity contribution >= 4 is 43.4 Å². The van der Waals surface area contributed by atoms with Gasteiger partial charge in [-0.25, -0.2) is 4.98 Å². The molecule has 0 aliphatic carbocycles. The average molecular weight is 497 g/mol. The highest BCUT2D eigenvalue weighted by atomic mass is 15.1. The summed E-state index contributed by atoms with van der Waals surface area (Å²) < 4.78 is 2.26. The van der Waals surface area contributed by atoms with Gasteiger partial charge in [0.2, 0.25) is 0 Å². The molecule has 8 aromatic rings. The van der Waals surface area contributed by atoms with Crippen molar-refractivity contribution in [2.24, 2.45) is 0 Å². The van der Waals surface area contributed by atoms with Crippen LogP contribution < -0.4 is 0 Å². The molecule has 0 aliphatic heterocycles. The van der Waals surface area contributed by atoms with Crippen molar-refractivity contribution in [2.45, 2.75) is 0 Å². The molecule has 0 spiro atoms. The number of hydrogen-bond donors (Lipinski definition) is 0. The van der Waals surface area contributed by atoms with Gasteiger partial charge in [0.05, 0.1) is 11.0 Å². The summed E-state index contributed by atoms with van der Waals surface area (Å²) in [6, 6.07) is 52.0. The quantitative estimate of drug-likeness (QED) is 0.223. The summed E-state index contributed by atoms with van der Waals surface area (Å²) in [5.41, 5.74) is 6.68. The van der Waals surface area contributed by atoms with Crippen LogP contribution >= 0.6 is 0 Å². The Morgan fingerprint density at radius 1 is 0.410 bits per heavy atom. The lowest BCUT2D eigenvalue weighted by atomic mass is 9.94. The molecule has 0 atom stereocenters. The fourth-order valence-electron chi connectivity index (χ4n) is 5.90. The van der Waals surface area contributed by atoms with E-state index in [0.29, 0.717) is 0 Å². The largest absolute Gasteiger partial charge is 0.292 e. The highest BCUT2D eigenvalue weighted by Crippen LogP contribution is 2.35. The van der Waals surface area contributed by atoms with E-state index in [0.717, 1.165) is 28.1 Å². The summed E-state index contributed by atoms with van der Waals surface area (Å²) in [6.45, 7) is 0. The molecule has 0 N–H and O–H groups in total. The second kappa shape index (κ2) is 8.68. The maximum Gasteiger partial charge on any atom is 0.145 e. The summed E-state index contributed by atoms with van der Waals surface area (Å²) in [5, 5.41) is 7.70. The van der Waals surface area contributed by atoms with E-state index in [4.69, 9.17) is 4.98 Å². The Balaban J connectivity index is 1.27. The highest BCUT2D eigenvalue weighted by Gasteiger charge is 2.15. The van der Waals surface area contributed by atoms with E-state index in [-0.39, 0.29) is 0 Å². The van der Waals surface area contributed by atoms with Crippen LogP contribution in [0, 0.1) is 0 Å². The van der Waals surface area contributed by atoms with Gasteiger partial charge < -0.3 is 0 Å². The Morgan fingerprint density at radius 2 is 1.08 bits per heavy atom. The van der Waals surface area contributed by atoms with E-state index in [2.05, 4.69) is 138 Å². The van der Waals surface area contributed by atoms with Crippen LogP contribution in [0.5, 0.6) is 0 Å². The van der Waals surface area contributed by atoms with Crippen LogP contribution in [0.25, 0.3) is 71.6 Å². The number of nitrogens with zero attached hydrogens (tertiary/aromatic N) is 2. The predicted molar refractivity (Wildman–Crippen MR) is 164 cm³/mol. The standard InChI is InChI=1S/C37H24N2/c1-2-12-30(13-3-1)39-36-16-7-6-15-35(36)38-37(39)29-11-8-10-26(24-29)27-18-20-32-28(23-27)19-22-33-31-14-5-4-9-25(31)17-21-34(32)33/h1-24H. The first-order valence-corrected chi connectivity index (χ1v) is 13.3. The molecule has 0 saturated carbocycles. The van der Waals surface area contributed by atoms with E-state index in [9.17, 15) is 0 Å². The van der Waals surface area contributed by atoms with E-state index in [1.165, 1.54) is 43.4 Å². The van der Waals surface area contributed by atoms with E-state index in [1.54, 1.807) is 0 Å². The molecule has 39 heavy (non-hydrogen) atoms. The number of fused-ring (bicyclic) bond motifs is 6. The normalized spacial score (nSPS) is 11.6. The minimum Gasteiger partial charge on any atom is -0.292 e. The first kappa shape index (κ1) is 21.8. The van der Waals surface area contributed by atoms with Crippen LogP contribution in [-0.4, -0.2) is 9.55 Å².